The Kier molecular flexibility index (Phi) is 6.07. The molecule has 0 radical (unpaired) electrons. The van der Waals surface area contributed by atoms with Crippen molar-refractivity contribution in [2.45, 2.75) is 25.3 Å². The molecule has 6 heteroatoms. The average Bonchev–Trinajstić information content (AvgIpc) is 2.68. The van der Waals surface area contributed by atoms with E-state index in [4.69, 9.17) is 4.74 Å². The Hall–Kier alpha value is -1.01. The molecule has 0 aliphatic heterocycles. The van der Waals surface area contributed by atoms with Crippen molar-refractivity contribution in [3.8, 4) is 0 Å². The molecule has 1 atom stereocenters. The highest BCUT2D eigenvalue weighted by molar-refractivity contribution is 4.94. The summed E-state index contributed by atoms with van der Waals surface area (Å²) in [6.07, 6.45) is 2.69. The molecule has 0 aliphatic carbocycles. The standard InChI is InChI=1S/C11H19F2N3O/c1-14-9(3-6-17-8-10(12)13)7-11-15-4-5-16(11)2/h4-5,9-10,14H,3,6-8H2,1-2H3. The maximum atomic E-state index is 11.8. The predicted octanol–water partition coefficient (Wildman–Crippen LogP) is 1.22. The number of aromatic nitrogens is 2. The van der Waals surface area contributed by atoms with Gasteiger partial charge in [-0.05, 0) is 13.5 Å². The Balaban J connectivity index is 2.27. The molecule has 0 spiro atoms. The van der Waals surface area contributed by atoms with Crippen LogP contribution in [0, 0.1) is 0 Å². The molecule has 0 bridgehead atoms. The lowest BCUT2D eigenvalue weighted by atomic mass is 10.1. The zero-order valence-corrected chi connectivity index (χ0v) is 10.2. The van der Waals surface area contributed by atoms with Crippen molar-refractivity contribution >= 4 is 0 Å². The Morgan fingerprint density at radius 2 is 2.29 bits per heavy atom. The molecule has 1 unspecified atom stereocenters. The maximum Gasteiger partial charge on any atom is 0.261 e. The summed E-state index contributed by atoms with van der Waals surface area (Å²) >= 11 is 0. The van der Waals surface area contributed by atoms with Crippen molar-refractivity contribution in [1.82, 2.24) is 14.9 Å². The number of hydrogen-bond donors (Lipinski definition) is 1. The first kappa shape index (κ1) is 14.1. The first-order chi connectivity index (χ1) is 8.13. The molecule has 1 rings (SSSR count). The maximum absolute atomic E-state index is 11.8. The SMILES string of the molecule is CNC(CCOCC(F)F)Cc1nccn1C. The van der Waals surface area contributed by atoms with Gasteiger partial charge < -0.3 is 14.6 Å². The van der Waals surface area contributed by atoms with E-state index < -0.39 is 13.0 Å². The molecule has 0 aliphatic rings. The van der Waals surface area contributed by atoms with Crippen molar-refractivity contribution < 1.29 is 13.5 Å². The van der Waals surface area contributed by atoms with Crippen LogP contribution in [0.2, 0.25) is 0 Å². The summed E-state index contributed by atoms with van der Waals surface area (Å²) in [6, 6.07) is 0.189. The largest absolute Gasteiger partial charge is 0.375 e. The minimum Gasteiger partial charge on any atom is -0.375 e. The van der Waals surface area contributed by atoms with E-state index >= 15 is 0 Å². The third kappa shape index (κ3) is 5.23. The smallest absolute Gasteiger partial charge is 0.261 e. The summed E-state index contributed by atoms with van der Waals surface area (Å²) in [5, 5.41) is 3.13. The number of alkyl halides is 2. The van der Waals surface area contributed by atoms with Crippen LogP contribution in [0.5, 0.6) is 0 Å². The number of nitrogens with zero attached hydrogens (tertiary/aromatic N) is 2. The van der Waals surface area contributed by atoms with Gasteiger partial charge in [0.15, 0.2) is 0 Å². The van der Waals surface area contributed by atoms with Gasteiger partial charge in [-0.2, -0.15) is 0 Å². The molecule has 0 saturated heterocycles. The molecule has 98 valence electrons. The van der Waals surface area contributed by atoms with Gasteiger partial charge in [0.1, 0.15) is 12.4 Å². The van der Waals surface area contributed by atoms with Gasteiger partial charge in [-0.15, -0.1) is 0 Å². The van der Waals surface area contributed by atoms with Gasteiger partial charge in [-0.1, -0.05) is 0 Å². The van der Waals surface area contributed by atoms with Crippen LogP contribution in [-0.4, -0.2) is 42.3 Å². The van der Waals surface area contributed by atoms with Gasteiger partial charge in [-0.25, -0.2) is 13.8 Å². The van der Waals surface area contributed by atoms with Gasteiger partial charge in [0.25, 0.3) is 6.43 Å². The third-order valence-corrected chi connectivity index (χ3v) is 2.61. The summed E-state index contributed by atoms with van der Waals surface area (Å²) < 4.78 is 30.5. The van der Waals surface area contributed by atoms with E-state index in [-0.39, 0.29) is 6.04 Å². The zero-order chi connectivity index (χ0) is 12.7. The predicted molar refractivity (Wildman–Crippen MR) is 61.2 cm³/mol. The van der Waals surface area contributed by atoms with Crippen LogP contribution in [-0.2, 0) is 18.2 Å². The van der Waals surface area contributed by atoms with E-state index in [0.717, 1.165) is 12.2 Å². The molecule has 1 aromatic rings. The summed E-state index contributed by atoms with van der Waals surface area (Å²) in [5.41, 5.74) is 0. The second-order valence-electron chi connectivity index (χ2n) is 3.90. The normalized spacial score (nSPS) is 13.2. The molecule has 0 aromatic carbocycles. The minimum atomic E-state index is -2.39. The van der Waals surface area contributed by atoms with Gasteiger partial charge in [-0.3, -0.25) is 0 Å². The summed E-state index contributed by atoms with van der Waals surface area (Å²) in [4.78, 5) is 4.22. The first-order valence-electron chi connectivity index (χ1n) is 5.62. The second-order valence-corrected chi connectivity index (χ2v) is 3.90. The fraction of sp³-hybridized carbons (Fsp3) is 0.727. The van der Waals surface area contributed by atoms with Crippen LogP contribution in [0.15, 0.2) is 12.4 Å². The summed E-state index contributed by atoms with van der Waals surface area (Å²) in [6.45, 7) is -0.154. The van der Waals surface area contributed by atoms with Crippen LogP contribution in [0.3, 0.4) is 0 Å². The van der Waals surface area contributed by atoms with E-state index in [0.29, 0.717) is 13.0 Å². The third-order valence-electron chi connectivity index (χ3n) is 2.61. The molecular weight excluding hydrogens is 228 g/mol. The van der Waals surface area contributed by atoms with Crippen molar-refractivity contribution in [2.75, 3.05) is 20.3 Å². The van der Waals surface area contributed by atoms with Crippen molar-refractivity contribution in [2.24, 2.45) is 7.05 Å². The van der Waals surface area contributed by atoms with E-state index in [1.807, 2.05) is 24.9 Å². The van der Waals surface area contributed by atoms with Crippen molar-refractivity contribution in [3.05, 3.63) is 18.2 Å². The molecular formula is C11H19F2N3O. The fourth-order valence-electron chi connectivity index (χ4n) is 1.56. The average molecular weight is 247 g/mol. The monoisotopic (exact) mass is 247 g/mol. The molecule has 0 saturated carbocycles. The number of likely N-dealkylation sites (N-methyl/N-ethyl adjacent to an activating group) is 1. The van der Waals surface area contributed by atoms with Crippen molar-refractivity contribution in [3.63, 3.8) is 0 Å². The van der Waals surface area contributed by atoms with Gasteiger partial charge in [0, 0.05) is 38.5 Å². The number of imidazole rings is 1. The number of rotatable bonds is 8. The number of nitrogens with one attached hydrogen (secondary N) is 1. The van der Waals surface area contributed by atoms with E-state index in [2.05, 4.69) is 10.3 Å². The second kappa shape index (κ2) is 7.34. The lowest BCUT2D eigenvalue weighted by molar-refractivity contribution is 0.0145. The van der Waals surface area contributed by atoms with E-state index in [1.54, 1.807) is 6.20 Å². The number of halogens is 2. The lowest BCUT2D eigenvalue weighted by Crippen LogP contribution is -2.30. The van der Waals surface area contributed by atoms with Gasteiger partial charge in [0.05, 0.1) is 0 Å². The van der Waals surface area contributed by atoms with Gasteiger partial charge >= 0.3 is 0 Å². The Labute approximate surface area is 100.0 Å². The van der Waals surface area contributed by atoms with E-state index in [1.165, 1.54) is 0 Å². The molecule has 4 nitrogen and oxygen atoms in total. The Morgan fingerprint density at radius 3 is 2.82 bits per heavy atom. The Morgan fingerprint density at radius 1 is 1.53 bits per heavy atom. The summed E-state index contributed by atoms with van der Waals surface area (Å²) in [7, 11) is 3.78. The number of hydrogen-bond acceptors (Lipinski definition) is 3. The number of aryl methyl sites for hydroxylation is 1. The first-order valence-corrected chi connectivity index (χ1v) is 5.62. The van der Waals surface area contributed by atoms with Gasteiger partial charge in [0.2, 0.25) is 0 Å². The topological polar surface area (TPSA) is 39.1 Å². The highest BCUT2D eigenvalue weighted by atomic mass is 19.3. The van der Waals surface area contributed by atoms with E-state index in [9.17, 15) is 8.78 Å². The van der Waals surface area contributed by atoms with Crippen LogP contribution in [0.25, 0.3) is 0 Å². The molecule has 1 aromatic heterocycles. The highest BCUT2D eigenvalue weighted by Crippen LogP contribution is 2.04. The van der Waals surface area contributed by atoms with Crippen LogP contribution >= 0.6 is 0 Å². The summed E-state index contributed by atoms with van der Waals surface area (Å²) in [5.74, 6) is 0.971. The quantitative estimate of drug-likeness (QED) is 0.702. The van der Waals surface area contributed by atoms with Crippen LogP contribution < -0.4 is 5.32 Å². The minimum absolute atomic E-state index is 0.189. The fourth-order valence-corrected chi connectivity index (χ4v) is 1.56. The molecule has 1 N–H and O–H groups in total. The highest BCUT2D eigenvalue weighted by Gasteiger charge is 2.11. The molecule has 0 amide bonds. The number of ether oxygens (including phenoxy) is 1. The molecule has 1 heterocycles. The van der Waals surface area contributed by atoms with Crippen LogP contribution in [0.1, 0.15) is 12.2 Å². The molecule has 17 heavy (non-hydrogen) atoms. The zero-order valence-electron chi connectivity index (χ0n) is 10.2. The van der Waals surface area contributed by atoms with Crippen molar-refractivity contribution in [1.29, 1.82) is 0 Å². The lowest BCUT2D eigenvalue weighted by Gasteiger charge is -2.15. The molecule has 0 fully saturated rings. The Bertz CT molecular complexity index is 317. The van der Waals surface area contributed by atoms with Crippen LogP contribution in [0.4, 0.5) is 8.78 Å².